The van der Waals surface area contributed by atoms with Crippen molar-refractivity contribution >= 4 is 28.1 Å². The Labute approximate surface area is 128 Å². The number of halogens is 1. The molecule has 1 heterocycles. The van der Waals surface area contributed by atoms with E-state index < -0.39 is 0 Å². The number of nitrogen functional groups attached to an aromatic ring is 1. The predicted octanol–water partition coefficient (Wildman–Crippen LogP) is 4.14. The zero-order valence-corrected chi connectivity index (χ0v) is 13.3. The van der Waals surface area contributed by atoms with Crippen LogP contribution in [-0.4, -0.2) is 4.98 Å². The molecule has 0 bridgehead atoms. The first-order valence-corrected chi connectivity index (χ1v) is 7.45. The minimum absolute atomic E-state index is 0.0531. The predicted molar refractivity (Wildman–Crippen MR) is 84.2 cm³/mol. The molecule has 1 aromatic carbocycles. The molecule has 0 amide bonds. The minimum atomic E-state index is -0.0531. The lowest BCUT2D eigenvalue weighted by atomic mass is 9.90. The molecule has 0 aliphatic heterocycles. The fraction of sp³-hybridized carbons (Fsp3) is 0.333. The number of thiazole rings is 1. The summed E-state index contributed by atoms with van der Waals surface area (Å²) in [5.41, 5.74) is 8.36. The number of nitriles is 1. The van der Waals surface area contributed by atoms with Crippen molar-refractivity contribution in [2.24, 2.45) is 0 Å². The molecule has 5 heteroatoms. The van der Waals surface area contributed by atoms with Crippen LogP contribution < -0.4 is 5.73 Å². The van der Waals surface area contributed by atoms with Crippen LogP contribution in [0.2, 0.25) is 5.02 Å². The molecule has 20 heavy (non-hydrogen) atoms. The lowest BCUT2D eigenvalue weighted by Crippen LogP contribution is -2.14. The van der Waals surface area contributed by atoms with E-state index in [2.05, 4.69) is 31.8 Å². The largest absolute Gasteiger partial charge is 0.375 e. The SMILES string of the molecule is CC(C)(C)c1nc(N)sc1Cc1ccc(C#N)cc1Cl. The molecule has 0 saturated heterocycles. The van der Waals surface area contributed by atoms with Gasteiger partial charge >= 0.3 is 0 Å². The molecule has 0 atom stereocenters. The van der Waals surface area contributed by atoms with Gasteiger partial charge in [-0.1, -0.05) is 38.4 Å². The second kappa shape index (κ2) is 5.43. The van der Waals surface area contributed by atoms with Crippen LogP contribution in [0.1, 0.15) is 42.5 Å². The molecule has 0 radical (unpaired) electrons. The fourth-order valence-electron chi connectivity index (χ4n) is 2.01. The molecule has 0 saturated carbocycles. The summed E-state index contributed by atoms with van der Waals surface area (Å²) in [6, 6.07) is 7.45. The van der Waals surface area contributed by atoms with Crippen molar-refractivity contribution in [3.05, 3.63) is 44.9 Å². The molecule has 0 fully saturated rings. The van der Waals surface area contributed by atoms with Crippen molar-refractivity contribution in [2.75, 3.05) is 5.73 Å². The smallest absolute Gasteiger partial charge is 0.180 e. The summed E-state index contributed by atoms with van der Waals surface area (Å²) in [6.07, 6.45) is 0.687. The highest BCUT2D eigenvalue weighted by Gasteiger charge is 2.23. The van der Waals surface area contributed by atoms with Crippen molar-refractivity contribution in [1.29, 1.82) is 5.26 Å². The first-order valence-electron chi connectivity index (χ1n) is 6.25. The highest BCUT2D eigenvalue weighted by atomic mass is 35.5. The summed E-state index contributed by atoms with van der Waals surface area (Å²) < 4.78 is 0. The topological polar surface area (TPSA) is 62.7 Å². The third-order valence-corrected chi connectivity index (χ3v) is 4.19. The minimum Gasteiger partial charge on any atom is -0.375 e. The number of hydrogen-bond donors (Lipinski definition) is 1. The van der Waals surface area contributed by atoms with E-state index in [1.165, 1.54) is 11.3 Å². The van der Waals surface area contributed by atoms with Crippen LogP contribution in [0.5, 0.6) is 0 Å². The van der Waals surface area contributed by atoms with Gasteiger partial charge in [-0.15, -0.1) is 11.3 Å². The van der Waals surface area contributed by atoms with Crippen LogP contribution in [0, 0.1) is 11.3 Å². The molecule has 0 aliphatic rings. The summed E-state index contributed by atoms with van der Waals surface area (Å²) >= 11 is 7.73. The molecular formula is C15H16ClN3S. The van der Waals surface area contributed by atoms with E-state index in [1.54, 1.807) is 12.1 Å². The van der Waals surface area contributed by atoms with Gasteiger partial charge in [0.1, 0.15) is 0 Å². The number of hydrogen-bond acceptors (Lipinski definition) is 4. The zero-order chi connectivity index (χ0) is 14.9. The number of rotatable bonds is 2. The zero-order valence-electron chi connectivity index (χ0n) is 11.7. The van der Waals surface area contributed by atoms with E-state index in [0.717, 1.165) is 16.1 Å². The van der Waals surface area contributed by atoms with Gasteiger partial charge in [-0.3, -0.25) is 0 Å². The Balaban J connectivity index is 2.38. The van der Waals surface area contributed by atoms with Gasteiger partial charge in [-0.25, -0.2) is 4.98 Å². The second-order valence-electron chi connectivity index (χ2n) is 5.67. The van der Waals surface area contributed by atoms with Gasteiger partial charge in [-0.2, -0.15) is 5.26 Å². The second-order valence-corrected chi connectivity index (χ2v) is 7.19. The monoisotopic (exact) mass is 305 g/mol. The number of benzene rings is 1. The fourth-order valence-corrected chi connectivity index (χ4v) is 3.32. The number of anilines is 1. The highest BCUT2D eigenvalue weighted by Crippen LogP contribution is 2.33. The standard InChI is InChI=1S/C15H16ClN3S/c1-15(2,3)13-12(20-14(18)19-13)7-10-5-4-9(8-17)6-11(10)16/h4-6H,7H2,1-3H3,(H2,18,19). The molecule has 3 nitrogen and oxygen atoms in total. The van der Waals surface area contributed by atoms with E-state index >= 15 is 0 Å². The molecule has 2 aromatic rings. The third kappa shape index (κ3) is 3.12. The summed E-state index contributed by atoms with van der Waals surface area (Å²) in [7, 11) is 0. The molecule has 1 aromatic heterocycles. The van der Waals surface area contributed by atoms with Gasteiger partial charge < -0.3 is 5.73 Å². The quantitative estimate of drug-likeness (QED) is 0.907. The molecule has 2 rings (SSSR count). The Morgan fingerprint density at radius 2 is 2.10 bits per heavy atom. The maximum Gasteiger partial charge on any atom is 0.180 e. The van der Waals surface area contributed by atoms with Gasteiger partial charge in [0.15, 0.2) is 5.13 Å². The van der Waals surface area contributed by atoms with Crippen LogP contribution >= 0.6 is 22.9 Å². The van der Waals surface area contributed by atoms with Crippen molar-refractivity contribution < 1.29 is 0 Å². The Hall–Kier alpha value is -1.57. The summed E-state index contributed by atoms with van der Waals surface area (Å²) in [5.74, 6) is 0. The third-order valence-electron chi connectivity index (χ3n) is 2.96. The van der Waals surface area contributed by atoms with Crippen LogP contribution in [-0.2, 0) is 11.8 Å². The van der Waals surface area contributed by atoms with E-state index in [1.807, 2.05) is 6.07 Å². The van der Waals surface area contributed by atoms with Crippen molar-refractivity contribution in [2.45, 2.75) is 32.6 Å². The number of nitrogens with two attached hydrogens (primary N) is 1. The normalized spacial score (nSPS) is 11.3. The van der Waals surface area contributed by atoms with E-state index in [9.17, 15) is 0 Å². The molecular weight excluding hydrogens is 290 g/mol. The highest BCUT2D eigenvalue weighted by molar-refractivity contribution is 7.15. The van der Waals surface area contributed by atoms with Crippen molar-refractivity contribution in [3.8, 4) is 6.07 Å². The van der Waals surface area contributed by atoms with E-state index in [-0.39, 0.29) is 5.41 Å². The van der Waals surface area contributed by atoms with E-state index in [0.29, 0.717) is 22.1 Å². The molecule has 0 spiro atoms. The average molecular weight is 306 g/mol. The molecule has 0 aliphatic carbocycles. The Bertz CT molecular complexity index is 677. The average Bonchev–Trinajstić information content (AvgIpc) is 2.73. The molecule has 2 N–H and O–H groups in total. The van der Waals surface area contributed by atoms with Gasteiger partial charge in [0.05, 0.1) is 17.3 Å². The van der Waals surface area contributed by atoms with Gasteiger partial charge in [0.25, 0.3) is 0 Å². The van der Waals surface area contributed by atoms with Crippen LogP contribution in [0.25, 0.3) is 0 Å². The maximum atomic E-state index is 8.86. The lowest BCUT2D eigenvalue weighted by molar-refractivity contribution is 0.568. The number of aromatic nitrogens is 1. The molecule has 0 unspecified atom stereocenters. The first-order chi connectivity index (χ1) is 9.31. The van der Waals surface area contributed by atoms with Crippen LogP contribution in [0.3, 0.4) is 0 Å². The number of nitrogens with zero attached hydrogens (tertiary/aromatic N) is 2. The lowest BCUT2D eigenvalue weighted by Gasteiger charge is -2.17. The first kappa shape index (κ1) is 14.8. The summed E-state index contributed by atoms with van der Waals surface area (Å²) in [6.45, 7) is 6.35. The van der Waals surface area contributed by atoms with Crippen LogP contribution in [0.4, 0.5) is 5.13 Å². The van der Waals surface area contributed by atoms with Gasteiger partial charge in [0.2, 0.25) is 0 Å². The molecule has 104 valence electrons. The Kier molecular flexibility index (Phi) is 4.03. The van der Waals surface area contributed by atoms with Gasteiger partial charge in [-0.05, 0) is 17.7 Å². The van der Waals surface area contributed by atoms with Crippen molar-refractivity contribution in [1.82, 2.24) is 4.98 Å². The summed E-state index contributed by atoms with van der Waals surface area (Å²) in [5, 5.41) is 10.0. The summed E-state index contributed by atoms with van der Waals surface area (Å²) in [4.78, 5) is 5.57. The maximum absolute atomic E-state index is 8.86. The Morgan fingerprint density at radius 1 is 1.40 bits per heavy atom. The van der Waals surface area contributed by atoms with Crippen molar-refractivity contribution in [3.63, 3.8) is 0 Å². The van der Waals surface area contributed by atoms with Gasteiger partial charge in [0, 0.05) is 21.7 Å². The van der Waals surface area contributed by atoms with E-state index in [4.69, 9.17) is 22.6 Å². The van der Waals surface area contributed by atoms with Crippen LogP contribution in [0.15, 0.2) is 18.2 Å². The Morgan fingerprint density at radius 3 is 2.65 bits per heavy atom.